The zero-order valence-corrected chi connectivity index (χ0v) is 13.2. The van der Waals surface area contributed by atoms with Crippen molar-refractivity contribution in [2.45, 2.75) is 51.9 Å². The maximum Gasteiger partial charge on any atom is 0.407 e. The third kappa shape index (κ3) is 7.51. The minimum Gasteiger partial charge on any atom is -0.444 e. The number of amides is 1. The van der Waals surface area contributed by atoms with Crippen LogP contribution in [-0.2, 0) is 4.74 Å². The van der Waals surface area contributed by atoms with Gasteiger partial charge in [-0.2, -0.15) is 0 Å². The Balaban J connectivity index is 2.54. The first kappa shape index (κ1) is 17.2. The third-order valence-electron chi connectivity index (χ3n) is 2.78. The second-order valence-electron chi connectivity index (χ2n) is 6.04. The van der Waals surface area contributed by atoms with Crippen molar-refractivity contribution in [1.82, 2.24) is 5.32 Å². The normalized spacial score (nSPS) is 14.7. The number of carbonyl (C=O) groups is 1. The van der Waals surface area contributed by atoms with Crippen LogP contribution in [0.5, 0.6) is 0 Å². The van der Waals surface area contributed by atoms with Crippen LogP contribution in [0.4, 0.5) is 4.79 Å². The van der Waals surface area contributed by atoms with Crippen LogP contribution in [-0.4, -0.2) is 28.9 Å². The summed E-state index contributed by atoms with van der Waals surface area (Å²) in [5.41, 5.74) is 0.534. The topological polar surface area (TPSA) is 58.6 Å². The van der Waals surface area contributed by atoms with E-state index < -0.39 is 17.8 Å². The van der Waals surface area contributed by atoms with E-state index in [1.54, 1.807) is 27.7 Å². The molecule has 1 aromatic rings. The number of alkyl carbamates (subject to hydrolysis) is 1. The second-order valence-corrected chi connectivity index (χ2v) is 6.04. The minimum absolute atomic E-state index is 0.375. The van der Waals surface area contributed by atoms with Gasteiger partial charge in [-0.05, 0) is 39.7 Å². The first-order valence-corrected chi connectivity index (χ1v) is 7.17. The smallest absolute Gasteiger partial charge is 0.407 e. The Hall–Kier alpha value is -1.81. The van der Waals surface area contributed by atoms with Crippen LogP contribution < -0.4 is 5.32 Å². The lowest BCUT2D eigenvalue weighted by Gasteiger charge is -2.24. The van der Waals surface area contributed by atoms with Gasteiger partial charge in [0.05, 0.1) is 12.1 Å². The Morgan fingerprint density at radius 1 is 1.33 bits per heavy atom. The molecule has 21 heavy (non-hydrogen) atoms. The van der Waals surface area contributed by atoms with Gasteiger partial charge in [0.25, 0.3) is 0 Å². The average Bonchev–Trinajstić information content (AvgIpc) is 2.36. The van der Waals surface area contributed by atoms with E-state index in [4.69, 9.17) is 4.74 Å². The van der Waals surface area contributed by atoms with Gasteiger partial charge in [0.15, 0.2) is 0 Å². The number of carbonyl (C=O) groups excluding carboxylic acids is 1. The van der Waals surface area contributed by atoms with Gasteiger partial charge in [0.1, 0.15) is 5.60 Å². The van der Waals surface area contributed by atoms with E-state index in [9.17, 15) is 9.90 Å². The fourth-order valence-electron chi connectivity index (χ4n) is 1.75. The first-order chi connectivity index (χ1) is 9.78. The molecule has 2 N–H and O–H groups in total. The molecule has 0 radical (unpaired) electrons. The lowest BCUT2D eigenvalue weighted by Crippen LogP contribution is -2.44. The van der Waals surface area contributed by atoms with Crippen molar-refractivity contribution >= 4 is 12.2 Å². The van der Waals surface area contributed by atoms with Gasteiger partial charge in [0.2, 0.25) is 0 Å². The number of hydrogen-bond donors (Lipinski definition) is 2. The summed E-state index contributed by atoms with van der Waals surface area (Å²) in [7, 11) is 0. The molecular formula is C17H25NO3. The number of nitrogens with one attached hydrogen (secondary N) is 1. The number of aliphatic hydroxyl groups is 1. The maximum absolute atomic E-state index is 11.7. The zero-order valence-electron chi connectivity index (χ0n) is 13.2. The first-order valence-electron chi connectivity index (χ1n) is 7.17. The number of aliphatic hydroxyl groups excluding tert-OH is 1. The molecule has 0 aliphatic heterocycles. The summed E-state index contributed by atoms with van der Waals surface area (Å²) in [5, 5.41) is 12.4. The quantitative estimate of drug-likeness (QED) is 0.874. The Morgan fingerprint density at radius 2 is 1.95 bits per heavy atom. The molecule has 4 nitrogen and oxygen atoms in total. The summed E-state index contributed by atoms with van der Waals surface area (Å²) in [6, 6.07) is 9.50. The molecule has 0 unspecified atom stereocenters. The molecule has 0 aliphatic rings. The SMILES string of the molecule is C[C@@H](O)[C@H](C/C=C/c1ccccc1)NC(=O)OC(C)(C)C. The number of ether oxygens (including phenoxy) is 1. The number of benzene rings is 1. The van der Waals surface area contributed by atoms with Gasteiger partial charge >= 0.3 is 6.09 Å². The van der Waals surface area contributed by atoms with Crippen molar-refractivity contribution in [3.63, 3.8) is 0 Å². The van der Waals surface area contributed by atoms with Crippen LogP contribution >= 0.6 is 0 Å². The largest absolute Gasteiger partial charge is 0.444 e. The van der Waals surface area contributed by atoms with Gasteiger partial charge in [-0.25, -0.2) is 4.79 Å². The molecule has 0 bridgehead atoms. The molecule has 1 aromatic carbocycles. The van der Waals surface area contributed by atoms with E-state index in [-0.39, 0.29) is 6.04 Å². The molecule has 0 aromatic heterocycles. The summed E-state index contributed by atoms with van der Waals surface area (Å²) in [4.78, 5) is 11.7. The molecule has 1 amide bonds. The highest BCUT2D eigenvalue weighted by Gasteiger charge is 2.21. The molecular weight excluding hydrogens is 266 g/mol. The summed E-state index contributed by atoms with van der Waals surface area (Å²) in [6.45, 7) is 7.07. The molecule has 0 heterocycles. The van der Waals surface area contributed by atoms with Gasteiger partial charge < -0.3 is 15.2 Å². The molecule has 4 heteroatoms. The molecule has 1 rings (SSSR count). The average molecular weight is 291 g/mol. The fourth-order valence-corrected chi connectivity index (χ4v) is 1.75. The maximum atomic E-state index is 11.7. The Bertz CT molecular complexity index is 461. The Morgan fingerprint density at radius 3 is 2.48 bits per heavy atom. The Labute approximate surface area is 126 Å². The monoisotopic (exact) mass is 291 g/mol. The summed E-state index contributed by atoms with van der Waals surface area (Å²) in [6.07, 6.45) is 3.27. The second kappa shape index (κ2) is 7.84. The highest BCUT2D eigenvalue weighted by Crippen LogP contribution is 2.09. The van der Waals surface area contributed by atoms with E-state index in [0.29, 0.717) is 6.42 Å². The summed E-state index contributed by atoms with van der Waals surface area (Å²) >= 11 is 0. The zero-order chi connectivity index (χ0) is 15.9. The van der Waals surface area contributed by atoms with Crippen LogP contribution in [0.1, 0.15) is 39.7 Å². The minimum atomic E-state index is -0.655. The summed E-state index contributed by atoms with van der Waals surface area (Å²) in [5.74, 6) is 0. The van der Waals surface area contributed by atoms with Crippen LogP contribution in [0.3, 0.4) is 0 Å². The standard InChI is InChI=1S/C17H25NO3/c1-13(19)15(18-16(20)21-17(2,3)4)12-8-11-14-9-6-5-7-10-14/h5-11,13,15,19H,12H2,1-4H3,(H,18,20)/b11-8+/t13-,15+/m1/s1. The molecule has 0 aliphatic carbocycles. The number of rotatable bonds is 5. The molecule has 116 valence electrons. The summed E-state index contributed by atoms with van der Waals surface area (Å²) < 4.78 is 5.20. The van der Waals surface area contributed by atoms with Crippen molar-refractivity contribution in [2.75, 3.05) is 0 Å². The highest BCUT2D eigenvalue weighted by molar-refractivity contribution is 5.68. The van der Waals surface area contributed by atoms with Crippen molar-refractivity contribution in [3.05, 3.63) is 42.0 Å². The fraction of sp³-hybridized carbons (Fsp3) is 0.471. The molecule has 0 saturated carbocycles. The lowest BCUT2D eigenvalue weighted by atomic mass is 10.1. The number of hydrogen-bond acceptors (Lipinski definition) is 3. The van der Waals surface area contributed by atoms with Gasteiger partial charge in [-0.15, -0.1) is 0 Å². The predicted molar refractivity (Wildman–Crippen MR) is 84.9 cm³/mol. The van der Waals surface area contributed by atoms with E-state index >= 15 is 0 Å². The van der Waals surface area contributed by atoms with Crippen LogP contribution in [0, 0.1) is 0 Å². The van der Waals surface area contributed by atoms with E-state index in [0.717, 1.165) is 5.56 Å². The highest BCUT2D eigenvalue weighted by atomic mass is 16.6. The van der Waals surface area contributed by atoms with Crippen LogP contribution in [0.2, 0.25) is 0 Å². The molecule has 2 atom stereocenters. The van der Waals surface area contributed by atoms with E-state index in [2.05, 4.69) is 5.32 Å². The van der Waals surface area contributed by atoms with Gasteiger partial charge in [-0.1, -0.05) is 42.5 Å². The van der Waals surface area contributed by atoms with Crippen LogP contribution in [0.25, 0.3) is 6.08 Å². The van der Waals surface area contributed by atoms with E-state index in [1.165, 1.54) is 0 Å². The van der Waals surface area contributed by atoms with Crippen molar-refractivity contribution < 1.29 is 14.6 Å². The van der Waals surface area contributed by atoms with Gasteiger partial charge in [-0.3, -0.25) is 0 Å². The van der Waals surface area contributed by atoms with Crippen molar-refractivity contribution in [2.24, 2.45) is 0 Å². The van der Waals surface area contributed by atoms with E-state index in [1.807, 2.05) is 42.5 Å². The molecule has 0 spiro atoms. The third-order valence-corrected chi connectivity index (χ3v) is 2.78. The molecule has 0 saturated heterocycles. The van der Waals surface area contributed by atoms with Gasteiger partial charge in [0, 0.05) is 0 Å². The predicted octanol–water partition coefficient (Wildman–Crippen LogP) is 3.36. The van der Waals surface area contributed by atoms with Crippen molar-refractivity contribution in [3.8, 4) is 0 Å². The molecule has 0 fully saturated rings. The van der Waals surface area contributed by atoms with Crippen LogP contribution in [0.15, 0.2) is 36.4 Å². The van der Waals surface area contributed by atoms with Crippen molar-refractivity contribution in [1.29, 1.82) is 0 Å². The Kier molecular flexibility index (Phi) is 6.43. The lowest BCUT2D eigenvalue weighted by molar-refractivity contribution is 0.0439.